The first-order valence-electron chi connectivity index (χ1n) is 5.14. The fourth-order valence-corrected chi connectivity index (χ4v) is 2.56. The van der Waals surface area contributed by atoms with Crippen molar-refractivity contribution in [1.29, 1.82) is 0 Å². The van der Waals surface area contributed by atoms with Gasteiger partial charge >= 0.3 is 0 Å². The number of halogens is 1. The molecule has 6 heteroatoms. The molecule has 1 aliphatic rings. The third-order valence-electron chi connectivity index (χ3n) is 2.96. The van der Waals surface area contributed by atoms with E-state index in [2.05, 4.69) is 18.7 Å². The van der Waals surface area contributed by atoms with Gasteiger partial charge in [0.05, 0.1) is 6.26 Å². The Morgan fingerprint density at radius 1 is 1.20 bits per heavy atom. The maximum atomic E-state index is 11.2. The van der Waals surface area contributed by atoms with Gasteiger partial charge in [0.2, 0.25) is 10.0 Å². The summed E-state index contributed by atoms with van der Waals surface area (Å²) in [7, 11) is -2.98. The first-order valence-corrected chi connectivity index (χ1v) is 6.99. The third-order valence-corrected chi connectivity index (χ3v) is 4.26. The summed E-state index contributed by atoms with van der Waals surface area (Å²) in [5, 5.41) is 0. The second-order valence-corrected chi connectivity index (χ2v) is 5.94. The average Bonchev–Trinajstić information content (AvgIpc) is 2.15. The second kappa shape index (κ2) is 6.03. The molecule has 1 fully saturated rings. The largest absolute Gasteiger partial charge is 0.298 e. The first-order chi connectivity index (χ1) is 6.45. The summed E-state index contributed by atoms with van der Waals surface area (Å²) in [5.74, 6) is 0. The van der Waals surface area contributed by atoms with E-state index in [1.54, 1.807) is 4.31 Å². The van der Waals surface area contributed by atoms with Gasteiger partial charge in [-0.25, -0.2) is 8.42 Å². The lowest BCUT2D eigenvalue weighted by Crippen LogP contribution is -2.50. The van der Waals surface area contributed by atoms with Crippen LogP contribution >= 0.6 is 12.4 Å². The SMILES string of the molecule is CCC(C)N1CCN(S(C)(=O)=O)CC1.Cl. The molecular formula is C9H21ClN2O2S. The molecular weight excluding hydrogens is 236 g/mol. The Hall–Kier alpha value is 0.160. The molecule has 4 nitrogen and oxygen atoms in total. The van der Waals surface area contributed by atoms with Gasteiger partial charge in [0, 0.05) is 32.2 Å². The molecule has 1 unspecified atom stereocenters. The van der Waals surface area contributed by atoms with Crippen molar-refractivity contribution in [2.75, 3.05) is 32.4 Å². The summed E-state index contributed by atoms with van der Waals surface area (Å²) >= 11 is 0. The second-order valence-electron chi connectivity index (χ2n) is 3.96. The Kier molecular flexibility index (Phi) is 6.10. The van der Waals surface area contributed by atoms with E-state index < -0.39 is 10.0 Å². The molecule has 1 atom stereocenters. The molecule has 0 bridgehead atoms. The van der Waals surface area contributed by atoms with Gasteiger partial charge in [-0.3, -0.25) is 4.90 Å². The standard InChI is InChI=1S/C9H20N2O2S.ClH/c1-4-9(2)10-5-7-11(8-6-10)14(3,12)13;/h9H,4-8H2,1-3H3;1H. The van der Waals surface area contributed by atoms with Crippen molar-refractivity contribution in [2.45, 2.75) is 26.3 Å². The van der Waals surface area contributed by atoms with Crippen molar-refractivity contribution in [3.8, 4) is 0 Å². The van der Waals surface area contributed by atoms with Gasteiger partial charge < -0.3 is 0 Å². The summed E-state index contributed by atoms with van der Waals surface area (Å²) in [5.41, 5.74) is 0. The molecule has 0 aromatic carbocycles. The van der Waals surface area contributed by atoms with Crippen LogP contribution in [0.3, 0.4) is 0 Å². The number of hydrogen-bond donors (Lipinski definition) is 0. The van der Waals surface area contributed by atoms with Gasteiger partial charge in [0.15, 0.2) is 0 Å². The molecule has 1 saturated heterocycles. The van der Waals surface area contributed by atoms with Crippen LogP contribution in [0.15, 0.2) is 0 Å². The van der Waals surface area contributed by atoms with Crippen LogP contribution in [0.25, 0.3) is 0 Å². The summed E-state index contributed by atoms with van der Waals surface area (Å²) < 4.78 is 24.0. The summed E-state index contributed by atoms with van der Waals surface area (Å²) in [6.45, 7) is 7.36. The van der Waals surface area contributed by atoms with E-state index in [1.807, 2.05) is 0 Å². The van der Waals surface area contributed by atoms with Crippen molar-refractivity contribution in [2.24, 2.45) is 0 Å². The van der Waals surface area contributed by atoms with E-state index in [0.717, 1.165) is 19.5 Å². The lowest BCUT2D eigenvalue weighted by Gasteiger charge is -2.36. The highest BCUT2D eigenvalue weighted by atomic mass is 35.5. The number of sulfonamides is 1. The fourth-order valence-electron chi connectivity index (χ4n) is 1.73. The van der Waals surface area contributed by atoms with Crippen LogP contribution in [0.1, 0.15) is 20.3 Å². The van der Waals surface area contributed by atoms with E-state index in [9.17, 15) is 8.42 Å². The molecule has 92 valence electrons. The smallest absolute Gasteiger partial charge is 0.211 e. The molecule has 0 saturated carbocycles. The van der Waals surface area contributed by atoms with Crippen LogP contribution < -0.4 is 0 Å². The van der Waals surface area contributed by atoms with Gasteiger partial charge in [0.1, 0.15) is 0 Å². The summed E-state index contributed by atoms with van der Waals surface area (Å²) in [6.07, 6.45) is 2.41. The molecule has 0 aromatic rings. The normalized spacial score (nSPS) is 22.1. The molecule has 0 amide bonds. The van der Waals surface area contributed by atoms with Gasteiger partial charge in [-0.05, 0) is 13.3 Å². The molecule has 1 heterocycles. The maximum absolute atomic E-state index is 11.2. The zero-order valence-corrected chi connectivity index (χ0v) is 11.3. The lowest BCUT2D eigenvalue weighted by molar-refractivity contribution is 0.143. The van der Waals surface area contributed by atoms with E-state index in [-0.39, 0.29) is 12.4 Å². The number of hydrogen-bond acceptors (Lipinski definition) is 3. The quantitative estimate of drug-likeness (QED) is 0.750. The van der Waals surface area contributed by atoms with Crippen LogP contribution in [-0.2, 0) is 10.0 Å². The molecule has 0 N–H and O–H groups in total. The maximum Gasteiger partial charge on any atom is 0.211 e. The van der Waals surface area contributed by atoms with Crippen molar-refractivity contribution in [3.05, 3.63) is 0 Å². The molecule has 0 radical (unpaired) electrons. The Bertz CT molecular complexity index is 274. The molecule has 1 aliphatic heterocycles. The van der Waals surface area contributed by atoms with Crippen molar-refractivity contribution < 1.29 is 8.42 Å². The monoisotopic (exact) mass is 256 g/mol. The van der Waals surface area contributed by atoms with E-state index in [1.165, 1.54) is 6.26 Å². The fraction of sp³-hybridized carbons (Fsp3) is 1.00. The Morgan fingerprint density at radius 3 is 2.00 bits per heavy atom. The van der Waals surface area contributed by atoms with E-state index in [0.29, 0.717) is 19.1 Å². The summed E-state index contributed by atoms with van der Waals surface area (Å²) in [6, 6.07) is 0.566. The minimum Gasteiger partial charge on any atom is -0.298 e. The van der Waals surface area contributed by atoms with Crippen LogP contribution in [-0.4, -0.2) is 56.1 Å². The topological polar surface area (TPSA) is 40.6 Å². The Balaban J connectivity index is 0.00000196. The van der Waals surface area contributed by atoms with Crippen LogP contribution in [0.2, 0.25) is 0 Å². The van der Waals surface area contributed by atoms with Gasteiger partial charge in [-0.2, -0.15) is 4.31 Å². The molecule has 0 aliphatic carbocycles. The van der Waals surface area contributed by atoms with Crippen LogP contribution in [0.4, 0.5) is 0 Å². The average molecular weight is 257 g/mol. The minimum atomic E-state index is -2.98. The van der Waals surface area contributed by atoms with Gasteiger partial charge in [-0.15, -0.1) is 12.4 Å². The lowest BCUT2D eigenvalue weighted by atomic mass is 10.2. The first kappa shape index (κ1) is 15.2. The Labute approximate surface area is 99.1 Å². The van der Waals surface area contributed by atoms with Crippen molar-refractivity contribution in [3.63, 3.8) is 0 Å². The predicted octanol–water partition coefficient (Wildman–Crippen LogP) is 0.784. The molecule has 1 rings (SSSR count). The zero-order valence-electron chi connectivity index (χ0n) is 9.64. The predicted molar refractivity (Wildman–Crippen MR) is 65.0 cm³/mol. The zero-order chi connectivity index (χ0) is 10.8. The number of rotatable bonds is 3. The van der Waals surface area contributed by atoms with Crippen LogP contribution in [0.5, 0.6) is 0 Å². The molecule has 15 heavy (non-hydrogen) atoms. The highest BCUT2D eigenvalue weighted by molar-refractivity contribution is 7.88. The minimum absolute atomic E-state index is 0. The highest BCUT2D eigenvalue weighted by Gasteiger charge is 2.24. The van der Waals surface area contributed by atoms with Crippen LogP contribution in [0, 0.1) is 0 Å². The molecule has 0 spiro atoms. The van der Waals surface area contributed by atoms with Gasteiger partial charge in [-0.1, -0.05) is 6.92 Å². The van der Waals surface area contributed by atoms with E-state index >= 15 is 0 Å². The summed E-state index contributed by atoms with van der Waals surface area (Å²) in [4.78, 5) is 2.35. The molecule has 0 aromatic heterocycles. The van der Waals surface area contributed by atoms with Gasteiger partial charge in [0.25, 0.3) is 0 Å². The van der Waals surface area contributed by atoms with Crippen molar-refractivity contribution in [1.82, 2.24) is 9.21 Å². The third kappa shape index (κ3) is 4.26. The van der Waals surface area contributed by atoms with Crippen molar-refractivity contribution >= 4 is 22.4 Å². The van der Waals surface area contributed by atoms with E-state index in [4.69, 9.17) is 0 Å². The number of piperazine rings is 1. The number of nitrogens with zero attached hydrogens (tertiary/aromatic N) is 2. The highest BCUT2D eigenvalue weighted by Crippen LogP contribution is 2.10. The Morgan fingerprint density at radius 2 is 1.67 bits per heavy atom.